The summed E-state index contributed by atoms with van der Waals surface area (Å²) in [6.45, 7) is 0. The molecule has 0 unspecified atom stereocenters. The minimum Gasteiger partial charge on any atom is -0.289 e. The maximum Gasteiger partial charge on any atom is 0.191 e. The molecular formula is C14H16FNO. The van der Waals surface area contributed by atoms with E-state index in [0.717, 1.165) is 43.9 Å². The van der Waals surface area contributed by atoms with Gasteiger partial charge in [0.05, 0.1) is 11.8 Å². The summed E-state index contributed by atoms with van der Waals surface area (Å²) in [7, 11) is 0. The zero-order valence-electron chi connectivity index (χ0n) is 9.79. The second-order valence-corrected chi connectivity index (χ2v) is 4.37. The average Bonchev–Trinajstić information content (AvgIpc) is 2.28. The van der Waals surface area contributed by atoms with E-state index in [1.807, 2.05) is 6.08 Å². The zero-order chi connectivity index (χ0) is 12.1. The van der Waals surface area contributed by atoms with Gasteiger partial charge in [0.1, 0.15) is 0 Å². The lowest BCUT2D eigenvalue weighted by molar-refractivity contribution is 0.102. The summed E-state index contributed by atoms with van der Waals surface area (Å²) in [4.78, 5) is 15.8. The number of ketones is 1. The van der Waals surface area contributed by atoms with Crippen LogP contribution in [0.4, 0.5) is 4.39 Å². The SMILES string of the molecule is O=C(/C1=C/CCCCCC1)c1ccncc1F. The minimum absolute atomic E-state index is 0.145. The van der Waals surface area contributed by atoms with Crippen LogP contribution in [0.25, 0.3) is 0 Å². The molecule has 1 heterocycles. The second kappa shape index (κ2) is 5.71. The summed E-state index contributed by atoms with van der Waals surface area (Å²) < 4.78 is 13.5. The molecule has 2 rings (SSSR count). The number of aromatic nitrogens is 1. The van der Waals surface area contributed by atoms with Gasteiger partial charge in [0.2, 0.25) is 0 Å². The fourth-order valence-electron chi connectivity index (χ4n) is 2.13. The summed E-state index contributed by atoms with van der Waals surface area (Å²) >= 11 is 0. The van der Waals surface area contributed by atoms with Crippen molar-refractivity contribution in [2.24, 2.45) is 0 Å². The Morgan fingerprint density at radius 1 is 1.24 bits per heavy atom. The number of hydrogen-bond acceptors (Lipinski definition) is 2. The Morgan fingerprint density at radius 3 is 2.88 bits per heavy atom. The number of halogens is 1. The number of carbonyl (C=O) groups is 1. The molecule has 0 bridgehead atoms. The molecule has 0 saturated carbocycles. The second-order valence-electron chi connectivity index (χ2n) is 4.37. The van der Waals surface area contributed by atoms with Crippen LogP contribution in [-0.2, 0) is 0 Å². The van der Waals surface area contributed by atoms with E-state index in [1.165, 1.54) is 18.7 Å². The quantitative estimate of drug-likeness (QED) is 0.729. The maximum atomic E-state index is 13.5. The van der Waals surface area contributed by atoms with Gasteiger partial charge in [0.25, 0.3) is 0 Å². The van der Waals surface area contributed by atoms with Crippen molar-refractivity contribution in [3.05, 3.63) is 41.5 Å². The van der Waals surface area contributed by atoms with Crippen molar-refractivity contribution in [3.8, 4) is 0 Å². The monoisotopic (exact) mass is 233 g/mol. The van der Waals surface area contributed by atoms with Gasteiger partial charge in [-0.15, -0.1) is 0 Å². The van der Waals surface area contributed by atoms with Gasteiger partial charge in [-0.05, 0) is 37.3 Å². The predicted octanol–water partition coefficient (Wildman–Crippen LogP) is 3.68. The smallest absolute Gasteiger partial charge is 0.191 e. The van der Waals surface area contributed by atoms with Crippen molar-refractivity contribution < 1.29 is 9.18 Å². The molecule has 90 valence electrons. The molecule has 3 heteroatoms. The minimum atomic E-state index is -0.527. The van der Waals surface area contributed by atoms with Crippen LogP contribution >= 0.6 is 0 Å². The maximum absolute atomic E-state index is 13.5. The molecule has 0 saturated heterocycles. The van der Waals surface area contributed by atoms with Crippen molar-refractivity contribution in [1.29, 1.82) is 0 Å². The number of hydrogen-bond donors (Lipinski definition) is 0. The van der Waals surface area contributed by atoms with E-state index >= 15 is 0 Å². The Bertz CT molecular complexity index is 440. The molecule has 0 atom stereocenters. The summed E-state index contributed by atoms with van der Waals surface area (Å²) in [5.74, 6) is -0.702. The van der Waals surface area contributed by atoms with Gasteiger partial charge >= 0.3 is 0 Å². The summed E-state index contributed by atoms with van der Waals surface area (Å²) in [6, 6.07) is 1.46. The fraction of sp³-hybridized carbons (Fsp3) is 0.429. The Hall–Kier alpha value is -1.51. The normalized spacial score (nSPS) is 19.9. The van der Waals surface area contributed by atoms with Crippen molar-refractivity contribution in [3.63, 3.8) is 0 Å². The predicted molar refractivity (Wildman–Crippen MR) is 64.3 cm³/mol. The molecule has 0 radical (unpaired) electrons. The molecule has 0 N–H and O–H groups in total. The Labute approximate surface area is 101 Å². The number of allylic oxidation sites excluding steroid dienone is 2. The highest BCUT2D eigenvalue weighted by Crippen LogP contribution is 2.21. The molecule has 1 aromatic rings. The van der Waals surface area contributed by atoms with Crippen LogP contribution in [0.15, 0.2) is 30.1 Å². The lowest BCUT2D eigenvalue weighted by atomic mass is 9.94. The molecule has 1 aliphatic carbocycles. The Morgan fingerprint density at radius 2 is 2.06 bits per heavy atom. The lowest BCUT2D eigenvalue weighted by Gasteiger charge is -2.10. The fourth-order valence-corrected chi connectivity index (χ4v) is 2.13. The van der Waals surface area contributed by atoms with Crippen molar-refractivity contribution in [2.45, 2.75) is 38.5 Å². The van der Waals surface area contributed by atoms with Crippen LogP contribution in [0.2, 0.25) is 0 Å². The molecule has 1 aromatic heterocycles. The highest BCUT2D eigenvalue weighted by Gasteiger charge is 2.16. The first-order valence-corrected chi connectivity index (χ1v) is 6.12. The lowest BCUT2D eigenvalue weighted by Crippen LogP contribution is -2.07. The highest BCUT2D eigenvalue weighted by atomic mass is 19.1. The van der Waals surface area contributed by atoms with E-state index in [0.29, 0.717) is 0 Å². The largest absolute Gasteiger partial charge is 0.289 e. The van der Waals surface area contributed by atoms with E-state index in [9.17, 15) is 9.18 Å². The Kier molecular flexibility index (Phi) is 4.02. The molecule has 2 nitrogen and oxygen atoms in total. The van der Waals surface area contributed by atoms with Gasteiger partial charge < -0.3 is 0 Å². The van der Waals surface area contributed by atoms with Crippen LogP contribution in [0, 0.1) is 5.82 Å². The van der Waals surface area contributed by atoms with E-state index in [1.54, 1.807) is 0 Å². The summed E-state index contributed by atoms with van der Waals surface area (Å²) in [5, 5.41) is 0. The molecular weight excluding hydrogens is 217 g/mol. The first-order chi connectivity index (χ1) is 8.29. The van der Waals surface area contributed by atoms with Crippen molar-refractivity contribution in [2.75, 3.05) is 0 Å². The Balaban J connectivity index is 2.21. The summed E-state index contributed by atoms with van der Waals surface area (Å²) in [5.41, 5.74) is 0.904. The highest BCUT2D eigenvalue weighted by molar-refractivity contribution is 6.08. The molecule has 17 heavy (non-hydrogen) atoms. The molecule has 0 aromatic carbocycles. The van der Waals surface area contributed by atoms with Crippen LogP contribution < -0.4 is 0 Å². The van der Waals surface area contributed by atoms with Gasteiger partial charge in [-0.25, -0.2) is 4.39 Å². The number of Topliss-reactive ketones (excluding diaryl/α,β-unsaturated/α-hetero) is 1. The number of rotatable bonds is 2. The molecule has 0 amide bonds. The summed E-state index contributed by atoms with van der Waals surface area (Å²) in [6.07, 6.45) is 10.7. The molecule has 1 aliphatic rings. The van der Waals surface area contributed by atoms with E-state index in [2.05, 4.69) is 4.98 Å². The first kappa shape index (κ1) is 12.0. The van der Waals surface area contributed by atoms with Gasteiger partial charge in [-0.1, -0.05) is 18.9 Å². The van der Waals surface area contributed by atoms with Crippen molar-refractivity contribution >= 4 is 5.78 Å². The van der Waals surface area contributed by atoms with Crippen LogP contribution in [0.5, 0.6) is 0 Å². The van der Waals surface area contributed by atoms with E-state index < -0.39 is 5.82 Å². The van der Waals surface area contributed by atoms with Crippen LogP contribution in [-0.4, -0.2) is 10.8 Å². The van der Waals surface area contributed by atoms with E-state index in [-0.39, 0.29) is 11.3 Å². The number of nitrogens with zero attached hydrogens (tertiary/aromatic N) is 1. The molecule has 0 spiro atoms. The van der Waals surface area contributed by atoms with Crippen molar-refractivity contribution in [1.82, 2.24) is 4.98 Å². The van der Waals surface area contributed by atoms with Gasteiger partial charge in [-0.2, -0.15) is 0 Å². The topological polar surface area (TPSA) is 30.0 Å². The number of pyridine rings is 1. The van der Waals surface area contributed by atoms with Gasteiger partial charge in [-0.3, -0.25) is 9.78 Å². The van der Waals surface area contributed by atoms with E-state index in [4.69, 9.17) is 0 Å². The van der Waals surface area contributed by atoms with Crippen LogP contribution in [0.1, 0.15) is 48.9 Å². The third-order valence-electron chi connectivity index (χ3n) is 3.10. The number of carbonyl (C=O) groups excluding carboxylic acids is 1. The first-order valence-electron chi connectivity index (χ1n) is 6.12. The van der Waals surface area contributed by atoms with Gasteiger partial charge in [0, 0.05) is 6.20 Å². The standard InChI is InChI=1S/C14H16FNO/c15-13-10-16-9-8-12(13)14(17)11-6-4-2-1-3-5-7-11/h6,8-10H,1-5,7H2/b11-6+. The van der Waals surface area contributed by atoms with Crippen LogP contribution in [0.3, 0.4) is 0 Å². The third kappa shape index (κ3) is 2.99. The van der Waals surface area contributed by atoms with Gasteiger partial charge in [0.15, 0.2) is 11.6 Å². The zero-order valence-corrected chi connectivity index (χ0v) is 9.79. The molecule has 0 fully saturated rings. The average molecular weight is 233 g/mol. The third-order valence-corrected chi connectivity index (χ3v) is 3.10. The molecule has 0 aliphatic heterocycles.